The van der Waals surface area contributed by atoms with E-state index in [0.717, 1.165) is 98.7 Å². The Morgan fingerprint density at radius 3 is 1.61 bits per heavy atom. The third-order valence-electron chi connectivity index (χ3n) is 19.9. The Labute approximate surface area is 407 Å². The zero-order valence-corrected chi connectivity index (χ0v) is 42.9. The van der Waals surface area contributed by atoms with Crippen molar-refractivity contribution in [2.75, 3.05) is 18.5 Å². The molecule has 8 saturated carbocycles. The van der Waals surface area contributed by atoms with Gasteiger partial charge in [0.05, 0.1) is 59.8 Å². The van der Waals surface area contributed by atoms with Crippen LogP contribution in [0, 0.1) is 81.8 Å². The van der Waals surface area contributed by atoms with Gasteiger partial charge in [-0.25, -0.2) is 9.59 Å². The fourth-order valence-electron chi connectivity index (χ4n) is 16.9. The number of aromatic amines is 1. The second-order valence-corrected chi connectivity index (χ2v) is 24.2. The number of nitrogens with zero attached hydrogens (tertiary/aromatic N) is 3. The lowest BCUT2D eigenvalue weighted by Crippen LogP contribution is -2.51. The SMILES string of the molecule is CCOC(=O)c1cn[nH]c1.CCOC(=O)c1cnn(CC(=O)[C@H]2CC[C@H]3[C@@H]4CC[C@@H]5C[C@](C)(O)CC[C@@H]5[C@H]4CC[C@]23C)c1.C[C@@]1(O)CC[C@H]2[C@H](CC[C@@H]3[C@@H]2CC[C@]2(C)[C@@H](C(=O)CBr)CC[C@@H]32)C1. The number of alkyl halides is 1. The predicted octanol–water partition coefficient (Wildman–Crippen LogP) is 10.2. The summed E-state index contributed by atoms with van der Waals surface area (Å²) in [5.74, 6) is 8.08. The van der Waals surface area contributed by atoms with E-state index in [4.69, 9.17) is 4.74 Å². The molecule has 8 aliphatic rings. The average Bonchev–Trinajstić information content (AvgIpc) is 4.12. The standard InChI is InChI=1S/C27H40N2O4.C21H33BrO2.C6H8N2O2/c1-4-33-25(31)18-14-28-29(15-18)16-24(30)23-8-7-22-21-6-5-17-13-26(2,32)11-9-19(17)20(21)10-12-27(22,23)3;1-20(24)9-7-14-13(11-20)3-4-16-15(14)8-10-21(2)17(16)5-6-18(21)19(23)12-22;1-2-10-6(9)5-3-7-8-4-5/h14-15,17,19-23,32H,4-13,16H2,1-3H3;13-18,24H,3-12H2,1-2H3;3-4H,2H2,1H3,(H,7,8)/t17-,19+,20-,21-,22+,23-,26-,27+;13-,14+,15-,16-,17+,18-,20-,21+;/m11./s1. The zero-order valence-electron chi connectivity index (χ0n) is 41.4. The number of esters is 2. The van der Waals surface area contributed by atoms with Crippen LogP contribution in [0.1, 0.15) is 178 Å². The number of halogens is 1. The third-order valence-corrected chi connectivity index (χ3v) is 20.4. The number of Topliss-reactive ketones (excluding diaryl/α,β-unsaturated/α-hetero) is 2. The number of carbonyl (C=O) groups is 4. The highest BCUT2D eigenvalue weighted by Gasteiger charge is 2.60. The summed E-state index contributed by atoms with van der Waals surface area (Å²) in [4.78, 5) is 48.7. The van der Waals surface area contributed by atoms with Crippen molar-refractivity contribution in [2.24, 2.45) is 81.8 Å². The van der Waals surface area contributed by atoms with Crippen LogP contribution in [0.3, 0.4) is 0 Å². The van der Waals surface area contributed by atoms with Gasteiger partial charge in [-0.3, -0.25) is 19.4 Å². The molecular formula is C54H81BrN4O8. The number of ketones is 2. The summed E-state index contributed by atoms with van der Waals surface area (Å²) in [6.45, 7) is 13.4. The molecule has 0 spiro atoms. The quantitative estimate of drug-likeness (QED) is 0.162. The summed E-state index contributed by atoms with van der Waals surface area (Å²) in [6, 6.07) is 0. The van der Waals surface area contributed by atoms with Gasteiger partial charge in [-0.05, 0) is 213 Å². The maximum absolute atomic E-state index is 13.4. The Morgan fingerprint density at radius 1 is 0.642 bits per heavy atom. The first kappa shape index (κ1) is 50.5. The summed E-state index contributed by atoms with van der Waals surface area (Å²) < 4.78 is 11.3. The largest absolute Gasteiger partial charge is 0.462 e. The number of H-pyrrole nitrogens is 1. The fraction of sp³-hybridized carbons (Fsp3) is 0.815. The van der Waals surface area contributed by atoms with Gasteiger partial charge in [0.25, 0.3) is 0 Å². The van der Waals surface area contributed by atoms with Crippen LogP contribution in [-0.2, 0) is 25.6 Å². The van der Waals surface area contributed by atoms with E-state index >= 15 is 0 Å². The van der Waals surface area contributed by atoms with Crippen LogP contribution in [0.4, 0.5) is 0 Å². The molecule has 0 saturated heterocycles. The van der Waals surface area contributed by atoms with Gasteiger partial charge < -0.3 is 19.7 Å². The number of fused-ring (bicyclic) bond motifs is 10. The van der Waals surface area contributed by atoms with Crippen molar-refractivity contribution in [3.05, 3.63) is 35.9 Å². The highest BCUT2D eigenvalue weighted by atomic mass is 79.9. The summed E-state index contributed by atoms with van der Waals surface area (Å²) in [5, 5.41) is 32.0. The molecule has 3 N–H and O–H groups in total. The van der Waals surface area contributed by atoms with Crippen LogP contribution in [0.2, 0.25) is 0 Å². The molecule has 16 atom stereocenters. The molecule has 2 aromatic rings. The number of rotatable bonds is 9. The van der Waals surface area contributed by atoms with Crippen molar-refractivity contribution in [2.45, 2.75) is 175 Å². The molecule has 12 nitrogen and oxygen atoms in total. The molecule has 0 amide bonds. The van der Waals surface area contributed by atoms with Gasteiger partial charge in [0.15, 0.2) is 5.78 Å². The Bertz CT molecular complexity index is 2050. The van der Waals surface area contributed by atoms with Crippen LogP contribution in [-0.4, -0.2) is 83.4 Å². The molecule has 13 heteroatoms. The van der Waals surface area contributed by atoms with Gasteiger partial charge in [-0.1, -0.05) is 29.8 Å². The first-order valence-corrected chi connectivity index (χ1v) is 27.5. The van der Waals surface area contributed by atoms with Crippen molar-refractivity contribution in [3.8, 4) is 0 Å². The van der Waals surface area contributed by atoms with E-state index in [1.807, 2.05) is 13.8 Å². The van der Waals surface area contributed by atoms with E-state index in [2.05, 4.69) is 49.8 Å². The maximum atomic E-state index is 13.4. The molecule has 10 rings (SSSR count). The minimum absolute atomic E-state index is 0.0857. The number of carbonyl (C=O) groups excluding carboxylic acids is 4. The van der Waals surface area contributed by atoms with Crippen molar-refractivity contribution in [1.29, 1.82) is 0 Å². The Kier molecular flexibility index (Phi) is 15.4. The summed E-state index contributed by atoms with van der Waals surface area (Å²) in [7, 11) is 0. The third kappa shape index (κ3) is 10.3. The molecular weight excluding hydrogens is 913 g/mol. The molecule has 372 valence electrons. The monoisotopic (exact) mass is 993 g/mol. The lowest BCUT2D eigenvalue weighted by atomic mass is 9.49. The number of hydrogen-bond donors (Lipinski definition) is 3. The lowest BCUT2D eigenvalue weighted by Gasteiger charge is -2.56. The molecule has 0 aliphatic heterocycles. The molecule has 2 aromatic heterocycles. The van der Waals surface area contributed by atoms with Crippen molar-refractivity contribution in [1.82, 2.24) is 20.0 Å². The summed E-state index contributed by atoms with van der Waals surface area (Å²) in [5.41, 5.74) is 0.326. The Morgan fingerprint density at radius 2 is 1.13 bits per heavy atom. The van der Waals surface area contributed by atoms with Gasteiger partial charge >= 0.3 is 11.9 Å². The Balaban J connectivity index is 0.000000156. The fourth-order valence-corrected chi connectivity index (χ4v) is 17.3. The van der Waals surface area contributed by atoms with E-state index in [9.17, 15) is 29.4 Å². The maximum Gasteiger partial charge on any atom is 0.341 e. The molecule has 2 heterocycles. The van der Waals surface area contributed by atoms with E-state index in [0.29, 0.717) is 53.2 Å². The number of ether oxygens (including phenoxy) is 2. The zero-order chi connectivity index (χ0) is 47.9. The molecule has 67 heavy (non-hydrogen) atoms. The van der Waals surface area contributed by atoms with Crippen molar-refractivity contribution in [3.63, 3.8) is 0 Å². The highest BCUT2D eigenvalue weighted by molar-refractivity contribution is 9.09. The van der Waals surface area contributed by atoms with Gasteiger partial charge in [0.2, 0.25) is 0 Å². The number of hydrogen-bond acceptors (Lipinski definition) is 10. The second-order valence-electron chi connectivity index (χ2n) is 23.6. The van der Waals surface area contributed by atoms with E-state index in [1.165, 1.54) is 82.8 Å². The topological polar surface area (TPSA) is 174 Å². The highest BCUT2D eigenvalue weighted by Crippen LogP contribution is 2.66. The molecule has 0 radical (unpaired) electrons. The van der Waals surface area contributed by atoms with Gasteiger partial charge in [-0.2, -0.15) is 10.2 Å². The van der Waals surface area contributed by atoms with Crippen molar-refractivity contribution < 1.29 is 38.9 Å². The van der Waals surface area contributed by atoms with Crippen LogP contribution in [0.25, 0.3) is 0 Å². The van der Waals surface area contributed by atoms with Crippen LogP contribution < -0.4 is 0 Å². The summed E-state index contributed by atoms with van der Waals surface area (Å²) in [6.07, 6.45) is 27.1. The Hall–Kier alpha value is -2.90. The second kappa shape index (κ2) is 20.4. The minimum atomic E-state index is -0.471. The average molecular weight is 994 g/mol. The molecule has 0 bridgehead atoms. The van der Waals surface area contributed by atoms with Crippen LogP contribution in [0.5, 0.6) is 0 Å². The van der Waals surface area contributed by atoms with E-state index in [1.54, 1.807) is 24.7 Å². The molecule has 8 fully saturated rings. The van der Waals surface area contributed by atoms with Crippen LogP contribution in [0.15, 0.2) is 24.8 Å². The molecule has 8 aliphatic carbocycles. The van der Waals surface area contributed by atoms with Gasteiger partial charge in [-0.15, -0.1) is 0 Å². The summed E-state index contributed by atoms with van der Waals surface area (Å²) >= 11 is 3.42. The minimum Gasteiger partial charge on any atom is -0.462 e. The number of aliphatic hydroxyl groups is 2. The normalized spacial score (nSPS) is 41.4. The van der Waals surface area contributed by atoms with Gasteiger partial charge in [0, 0.05) is 24.2 Å². The predicted molar refractivity (Wildman–Crippen MR) is 259 cm³/mol. The van der Waals surface area contributed by atoms with Gasteiger partial charge in [0.1, 0.15) is 5.78 Å². The van der Waals surface area contributed by atoms with E-state index < -0.39 is 11.2 Å². The number of aromatic nitrogens is 4. The smallest absolute Gasteiger partial charge is 0.341 e. The number of nitrogens with one attached hydrogen (secondary N) is 1. The first-order valence-electron chi connectivity index (χ1n) is 26.3. The molecule has 0 unspecified atom stereocenters. The molecule has 0 aromatic carbocycles. The van der Waals surface area contributed by atoms with Crippen LogP contribution >= 0.6 is 15.9 Å². The lowest BCUT2D eigenvalue weighted by molar-refractivity contribution is -0.133. The van der Waals surface area contributed by atoms with E-state index in [-0.39, 0.29) is 41.0 Å². The van der Waals surface area contributed by atoms with Crippen molar-refractivity contribution >= 4 is 39.4 Å². The first-order chi connectivity index (χ1) is 31.9.